The highest BCUT2D eigenvalue weighted by Crippen LogP contribution is 2.37. The lowest BCUT2D eigenvalue weighted by Gasteiger charge is -2.23. The summed E-state index contributed by atoms with van der Waals surface area (Å²) in [5.41, 5.74) is -1.91. The maximum Gasteiger partial charge on any atom is 0.416 e. The average molecular weight is 677 g/mol. The highest BCUT2D eigenvalue weighted by Gasteiger charge is 2.42. The van der Waals surface area contributed by atoms with Crippen molar-refractivity contribution in [2.45, 2.75) is 36.9 Å². The van der Waals surface area contributed by atoms with Crippen LogP contribution in [0.15, 0.2) is 66.0 Å². The summed E-state index contributed by atoms with van der Waals surface area (Å²) in [6.45, 7) is 3.72. The van der Waals surface area contributed by atoms with Crippen LogP contribution in [0.4, 0.5) is 34.5 Å². The van der Waals surface area contributed by atoms with Gasteiger partial charge in [-0.15, -0.1) is 0 Å². The fraction of sp³-hybridized carbons (Fsp3) is 0.276. The van der Waals surface area contributed by atoms with Gasteiger partial charge in [0.25, 0.3) is 0 Å². The summed E-state index contributed by atoms with van der Waals surface area (Å²) in [7, 11) is -3.95. The summed E-state index contributed by atoms with van der Waals surface area (Å²) in [5, 5.41) is 15.3. The minimum Gasteiger partial charge on any atom is -0.424 e. The molecule has 4 aromatic rings. The first-order valence-corrected chi connectivity index (χ1v) is 16.3. The van der Waals surface area contributed by atoms with Crippen molar-refractivity contribution in [3.05, 3.63) is 66.6 Å². The van der Waals surface area contributed by atoms with Crippen LogP contribution in [0.1, 0.15) is 25.8 Å². The molecule has 1 saturated heterocycles. The Labute approximate surface area is 265 Å². The Morgan fingerprint density at radius 1 is 1.04 bits per heavy atom. The van der Waals surface area contributed by atoms with Crippen molar-refractivity contribution >= 4 is 49.6 Å². The second-order valence-electron chi connectivity index (χ2n) is 10.9. The van der Waals surface area contributed by atoms with Crippen LogP contribution in [0.5, 0.6) is 11.8 Å². The molecule has 12 nitrogen and oxygen atoms in total. The van der Waals surface area contributed by atoms with Gasteiger partial charge in [0, 0.05) is 19.0 Å². The fourth-order valence-corrected chi connectivity index (χ4v) is 6.46. The van der Waals surface area contributed by atoms with E-state index in [2.05, 4.69) is 25.6 Å². The van der Waals surface area contributed by atoms with Gasteiger partial charge in [-0.3, -0.25) is 9.69 Å². The van der Waals surface area contributed by atoms with E-state index in [1.807, 2.05) is 0 Å². The molecule has 5 rings (SSSR count). The van der Waals surface area contributed by atoms with Crippen molar-refractivity contribution in [3.63, 3.8) is 0 Å². The Bertz CT molecular complexity index is 1880. The number of nitrogens with one attached hydrogen (secondary N) is 2. The molecule has 3 amide bonds. The molecule has 0 aliphatic carbocycles. The van der Waals surface area contributed by atoms with E-state index in [-0.39, 0.29) is 17.6 Å². The number of anilines is 3. The molecule has 1 fully saturated rings. The first-order chi connectivity index (χ1) is 21.5. The van der Waals surface area contributed by atoms with E-state index in [1.165, 1.54) is 23.7 Å². The van der Waals surface area contributed by atoms with Gasteiger partial charge in [0.2, 0.25) is 5.91 Å². The van der Waals surface area contributed by atoms with Crippen LogP contribution in [0.2, 0.25) is 0 Å². The number of carbonyl (C=O) groups excluding carboxylic acids is 2. The van der Waals surface area contributed by atoms with E-state index in [9.17, 15) is 36.3 Å². The number of aliphatic hydroxyl groups is 1. The minimum absolute atomic E-state index is 0.0550. The average Bonchev–Trinajstić information content (AvgIpc) is 3.60. The first-order valence-electron chi connectivity index (χ1n) is 13.6. The number of thiazole rings is 1. The molecule has 1 unspecified atom stereocenters. The van der Waals surface area contributed by atoms with Crippen molar-refractivity contribution in [3.8, 4) is 22.2 Å². The van der Waals surface area contributed by atoms with E-state index in [0.29, 0.717) is 36.0 Å². The third kappa shape index (κ3) is 7.43. The topological polar surface area (TPSA) is 164 Å². The number of rotatable bonds is 8. The first kappa shape index (κ1) is 32.8. The van der Waals surface area contributed by atoms with Crippen molar-refractivity contribution in [2.24, 2.45) is 5.92 Å². The van der Waals surface area contributed by atoms with Crippen molar-refractivity contribution in [1.82, 2.24) is 15.0 Å². The number of urea groups is 1. The van der Waals surface area contributed by atoms with E-state index >= 15 is 0 Å². The number of benzene rings is 2. The van der Waals surface area contributed by atoms with Crippen LogP contribution in [-0.4, -0.2) is 58.8 Å². The lowest BCUT2D eigenvalue weighted by molar-refractivity contribution is -0.137. The number of amides is 3. The van der Waals surface area contributed by atoms with Gasteiger partial charge in [-0.25, -0.2) is 28.2 Å². The number of aromatic nitrogens is 3. The molecule has 3 heterocycles. The standard InChI is InChI=1S/C29H27F3N6O6S2/c1-28(2,41)20-10-11-38(24(20)39)27-35-15-22(45-27)16-4-7-19(8-5-16)44-26-33-13-18(14-34-26)36-25(40)37-21-12-17(29(30,31)32)6-9-23(21)46(3,42)43/h4-9,12-15,20,41H,10-11H2,1-3H3,(H2,36,37,40). The predicted molar refractivity (Wildman–Crippen MR) is 164 cm³/mol. The monoisotopic (exact) mass is 676 g/mol. The molecule has 1 aliphatic rings. The number of carbonyl (C=O) groups is 2. The molecule has 17 heteroatoms. The smallest absolute Gasteiger partial charge is 0.416 e. The summed E-state index contributed by atoms with van der Waals surface area (Å²) in [4.78, 5) is 39.6. The summed E-state index contributed by atoms with van der Waals surface area (Å²) in [6.07, 6.45) is 0.654. The van der Waals surface area contributed by atoms with E-state index in [4.69, 9.17) is 4.74 Å². The maximum absolute atomic E-state index is 13.2. The normalized spacial score (nSPS) is 15.6. The molecular weight excluding hydrogens is 649 g/mol. The van der Waals surface area contributed by atoms with Gasteiger partial charge in [0.15, 0.2) is 15.0 Å². The number of nitrogens with zero attached hydrogens (tertiary/aromatic N) is 4. The summed E-state index contributed by atoms with van der Waals surface area (Å²) >= 11 is 1.35. The predicted octanol–water partition coefficient (Wildman–Crippen LogP) is 5.58. The second kappa shape index (κ2) is 12.3. The number of alkyl halides is 3. The molecule has 0 radical (unpaired) electrons. The molecule has 1 atom stereocenters. The van der Waals surface area contributed by atoms with E-state index < -0.39 is 49.7 Å². The fourth-order valence-electron chi connectivity index (χ4n) is 4.69. The lowest BCUT2D eigenvalue weighted by Crippen LogP contribution is -2.38. The van der Waals surface area contributed by atoms with E-state index in [1.54, 1.807) is 49.2 Å². The van der Waals surface area contributed by atoms with Gasteiger partial charge >= 0.3 is 18.2 Å². The molecule has 1 aliphatic heterocycles. The second-order valence-corrected chi connectivity index (χ2v) is 13.9. The molecule has 242 valence electrons. The summed E-state index contributed by atoms with van der Waals surface area (Å²) in [5.74, 6) is -0.247. The van der Waals surface area contributed by atoms with Gasteiger partial charge in [0.1, 0.15) is 5.75 Å². The van der Waals surface area contributed by atoms with Crippen LogP contribution in [-0.2, 0) is 20.8 Å². The van der Waals surface area contributed by atoms with Crippen molar-refractivity contribution in [1.29, 1.82) is 0 Å². The third-order valence-electron chi connectivity index (χ3n) is 6.97. The quantitative estimate of drug-likeness (QED) is 0.216. The maximum atomic E-state index is 13.2. The van der Waals surface area contributed by atoms with Gasteiger partial charge in [-0.05, 0) is 68.3 Å². The molecular formula is C29H27F3N6O6S2. The van der Waals surface area contributed by atoms with E-state index in [0.717, 1.165) is 22.8 Å². The molecule has 2 aromatic heterocycles. The van der Waals surface area contributed by atoms with Gasteiger partial charge in [0.05, 0.1) is 50.6 Å². The largest absolute Gasteiger partial charge is 0.424 e. The van der Waals surface area contributed by atoms with Crippen LogP contribution in [0.25, 0.3) is 10.4 Å². The third-order valence-corrected chi connectivity index (χ3v) is 9.20. The van der Waals surface area contributed by atoms with Gasteiger partial charge < -0.3 is 20.5 Å². The van der Waals surface area contributed by atoms with Gasteiger partial charge in [-0.1, -0.05) is 11.3 Å². The summed E-state index contributed by atoms with van der Waals surface area (Å²) < 4.78 is 69.2. The zero-order chi connectivity index (χ0) is 33.4. The highest BCUT2D eigenvalue weighted by atomic mass is 32.2. The molecule has 2 aromatic carbocycles. The molecule has 46 heavy (non-hydrogen) atoms. The molecule has 0 spiro atoms. The molecule has 0 bridgehead atoms. The Morgan fingerprint density at radius 3 is 2.30 bits per heavy atom. The van der Waals surface area contributed by atoms with Gasteiger partial charge in [-0.2, -0.15) is 13.2 Å². The molecule has 3 N–H and O–H groups in total. The Balaban J connectivity index is 1.20. The molecule has 0 saturated carbocycles. The Hall–Kier alpha value is -4.61. The minimum atomic E-state index is -4.75. The zero-order valence-electron chi connectivity index (χ0n) is 24.5. The number of sulfone groups is 1. The van der Waals surface area contributed by atoms with Crippen LogP contribution in [0.3, 0.4) is 0 Å². The van der Waals surface area contributed by atoms with Crippen LogP contribution < -0.4 is 20.3 Å². The van der Waals surface area contributed by atoms with Crippen LogP contribution in [0, 0.1) is 5.92 Å². The number of hydrogen-bond acceptors (Lipinski definition) is 10. The SMILES string of the molecule is CC(C)(O)C1CCN(c2ncc(-c3ccc(Oc4ncc(NC(=O)Nc5cc(C(F)(F)F)ccc5S(C)(=O)=O)cn4)cc3)s2)C1=O. The highest BCUT2D eigenvalue weighted by molar-refractivity contribution is 7.90. The number of halogens is 3. The summed E-state index contributed by atoms with van der Waals surface area (Å²) in [6, 6.07) is 7.77. The zero-order valence-corrected chi connectivity index (χ0v) is 26.1. The van der Waals surface area contributed by atoms with Crippen molar-refractivity contribution < 1.29 is 41.0 Å². The number of hydrogen-bond donors (Lipinski definition) is 3. The van der Waals surface area contributed by atoms with Crippen LogP contribution >= 0.6 is 11.3 Å². The number of ether oxygens (including phenoxy) is 1. The van der Waals surface area contributed by atoms with Crippen molar-refractivity contribution in [2.75, 3.05) is 28.3 Å². The lowest BCUT2D eigenvalue weighted by atomic mass is 9.90. The Kier molecular flexibility index (Phi) is 8.76. The Morgan fingerprint density at radius 2 is 1.72 bits per heavy atom.